The van der Waals surface area contributed by atoms with Crippen molar-refractivity contribution in [2.24, 2.45) is 0 Å². The van der Waals surface area contributed by atoms with Gasteiger partial charge in [0.05, 0.1) is 18.9 Å². The Kier molecular flexibility index (Phi) is 5.94. The fourth-order valence-electron chi connectivity index (χ4n) is 2.23. The number of benzene rings is 1. The molecule has 22 heavy (non-hydrogen) atoms. The summed E-state index contributed by atoms with van der Waals surface area (Å²) in [6.07, 6.45) is 3.64. The second-order valence-corrected chi connectivity index (χ2v) is 4.92. The first kappa shape index (κ1) is 16.5. The minimum absolute atomic E-state index is 0. The van der Waals surface area contributed by atoms with Gasteiger partial charge in [0.15, 0.2) is 0 Å². The number of ether oxygens (including phenoxy) is 1. The SMILES string of the molecule is Cl.O=C(NCc1ccc(-n2cccn2)cc1)C1COCCN1. The zero-order valence-corrected chi connectivity index (χ0v) is 12.9. The van der Waals surface area contributed by atoms with E-state index in [0.717, 1.165) is 17.8 Å². The van der Waals surface area contributed by atoms with Gasteiger partial charge >= 0.3 is 0 Å². The lowest BCUT2D eigenvalue weighted by Crippen LogP contribution is -2.51. The number of aromatic nitrogens is 2. The summed E-state index contributed by atoms with van der Waals surface area (Å²) in [6.45, 7) is 2.33. The van der Waals surface area contributed by atoms with Crippen LogP contribution >= 0.6 is 12.4 Å². The van der Waals surface area contributed by atoms with Crippen LogP contribution in [0.2, 0.25) is 0 Å². The molecule has 1 saturated heterocycles. The molecule has 2 heterocycles. The third-order valence-corrected chi connectivity index (χ3v) is 3.41. The van der Waals surface area contributed by atoms with Crippen molar-refractivity contribution in [1.29, 1.82) is 0 Å². The summed E-state index contributed by atoms with van der Waals surface area (Å²) < 4.78 is 7.08. The van der Waals surface area contributed by atoms with E-state index in [0.29, 0.717) is 19.8 Å². The first-order valence-corrected chi connectivity index (χ1v) is 7.01. The van der Waals surface area contributed by atoms with E-state index in [-0.39, 0.29) is 24.4 Å². The Labute approximate surface area is 135 Å². The fourth-order valence-corrected chi connectivity index (χ4v) is 2.23. The van der Waals surface area contributed by atoms with Crippen LogP contribution in [0.1, 0.15) is 5.56 Å². The van der Waals surface area contributed by atoms with Crippen molar-refractivity contribution in [3.05, 3.63) is 48.3 Å². The Morgan fingerprint density at radius 2 is 2.23 bits per heavy atom. The van der Waals surface area contributed by atoms with Gasteiger partial charge in [-0.05, 0) is 23.8 Å². The molecule has 6 nitrogen and oxygen atoms in total. The summed E-state index contributed by atoms with van der Waals surface area (Å²) in [5.74, 6) is -0.0224. The number of carbonyl (C=O) groups is 1. The number of rotatable bonds is 4. The lowest BCUT2D eigenvalue weighted by Gasteiger charge is -2.22. The predicted molar refractivity (Wildman–Crippen MR) is 85.3 cm³/mol. The molecule has 0 saturated carbocycles. The molecule has 1 amide bonds. The van der Waals surface area contributed by atoms with Gasteiger partial charge in [0.1, 0.15) is 6.04 Å². The highest BCUT2D eigenvalue weighted by Crippen LogP contribution is 2.08. The van der Waals surface area contributed by atoms with Crippen LogP contribution in [0.25, 0.3) is 5.69 Å². The van der Waals surface area contributed by atoms with Crippen LogP contribution in [0.3, 0.4) is 0 Å². The summed E-state index contributed by atoms with van der Waals surface area (Å²) in [5.41, 5.74) is 2.05. The number of nitrogens with one attached hydrogen (secondary N) is 2. The first-order valence-electron chi connectivity index (χ1n) is 7.01. The van der Waals surface area contributed by atoms with Crippen LogP contribution in [0.5, 0.6) is 0 Å². The molecule has 1 fully saturated rings. The monoisotopic (exact) mass is 322 g/mol. The molecule has 0 bridgehead atoms. The van der Waals surface area contributed by atoms with Crippen molar-refractivity contribution in [3.8, 4) is 5.69 Å². The molecule has 1 aromatic carbocycles. The Morgan fingerprint density at radius 3 is 2.86 bits per heavy atom. The van der Waals surface area contributed by atoms with E-state index < -0.39 is 0 Å². The summed E-state index contributed by atoms with van der Waals surface area (Å²) in [7, 11) is 0. The summed E-state index contributed by atoms with van der Waals surface area (Å²) in [5, 5.41) is 10.2. The van der Waals surface area contributed by atoms with Crippen molar-refractivity contribution >= 4 is 18.3 Å². The van der Waals surface area contributed by atoms with Gasteiger partial charge in [-0.2, -0.15) is 5.10 Å². The third kappa shape index (κ3) is 4.07. The average Bonchev–Trinajstić information content (AvgIpc) is 3.08. The molecule has 0 radical (unpaired) electrons. The Bertz CT molecular complexity index is 580. The molecule has 1 unspecified atom stereocenters. The molecule has 118 valence electrons. The van der Waals surface area contributed by atoms with Crippen LogP contribution in [0.4, 0.5) is 0 Å². The lowest BCUT2D eigenvalue weighted by atomic mass is 10.2. The average molecular weight is 323 g/mol. The number of amides is 1. The smallest absolute Gasteiger partial charge is 0.239 e. The Balaban J connectivity index is 0.00000176. The normalized spacial score (nSPS) is 17.5. The number of hydrogen-bond acceptors (Lipinski definition) is 4. The van der Waals surface area contributed by atoms with E-state index in [1.54, 1.807) is 10.9 Å². The quantitative estimate of drug-likeness (QED) is 0.877. The second kappa shape index (κ2) is 7.93. The molecule has 0 spiro atoms. The van der Waals surface area contributed by atoms with Crippen LogP contribution in [-0.4, -0.2) is 41.5 Å². The molecule has 1 aliphatic heterocycles. The molecule has 1 atom stereocenters. The number of halogens is 1. The van der Waals surface area contributed by atoms with E-state index >= 15 is 0 Å². The molecule has 0 aliphatic carbocycles. The van der Waals surface area contributed by atoms with E-state index in [1.165, 1.54) is 0 Å². The Morgan fingerprint density at radius 1 is 1.41 bits per heavy atom. The highest BCUT2D eigenvalue weighted by molar-refractivity contribution is 5.85. The zero-order valence-electron chi connectivity index (χ0n) is 12.1. The van der Waals surface area contributed by atoms with Gasteiger partial charge in [0.2, 0.25) is 5.91 Å². The van der Waals surface area contributed by atoms with Gasteiger partial charge < -0.3 is 15.4 Å². The minimum Gasteiger partial charge on any atom is -0.378 e. The Hall–Kier alpha value is -1.89. The topological polar surface area (TPSA) is 68.2 Å². The molecule has 7 heteroatoms. The summed E-state index contributed by atoms with van der Waals surface area (Å²) >= 11 is 0. The second-order valence-electron chi connectivity index (χ2n) is 4.92. The molecule has 2 aromatic rings. The maximum Gasteiger partial charge on any atom is 0.239 e. The van der Waals surface area contributed by atoms with Crippen LogP contribution in [-0.2, 0) is 16.1 Å². The van der Waals surface area contributed by atoms with Crippen molar-refractivity contribution in [3.63, 3.8) is 0 Å². The van der Waals surface area contributed by atoms with Crippen molar-refractivity contribution < 1.29 is 9.53 Å². The van der Waals surface area contributed by atoms with E-state index in [4.69, 9.17) is 4.74 Å². The highest BCUT2D eigenvalue weighted by Gasteiger charge is 2.20. The fraction of sp³-hybridized carbons (Fsp3) is 0.333. The number of nitrogens with zero attached hydrogens (tertiary/aromatic N) is 2. The van der Waals surface area contributed by atoms with Gasteiger partial charge in [-0.15, -0.1) is 12.4 Å². The minimum atomic E-state index is -0.248. The van der Waals surface area contributed by atoms with E-state index in [1.807, 2.05) is 36.5 Å². The summed E-state index contributed by atoms with van der Waals surface area (Å²) in [4.78, 5) is 12.0. The predicted octanol–water partition coefficient (Wildman–Crippen LogP) is 0.899. The standard InChI is InChI=1S/C15H18N4O2.ClH/c20-15(14-11-21-9-7-16-14)17-10-12-2-4-13(5-3-12)19-8-1-6-18-19;/h1-6,8,14,16H,7,9-11H2,(H,17,20);1H. The number of carbonyl (C=O) groups excluding carboxylic acids is 1. The van der Waals surface area contributed by atoms with Crippen molar-refractivity contribution in [2.75, 3.05) is 19.8 Å². The van der Waals surface area contributed by atoms with Crippen LogP contribution in [0.15, 0.2) is 42.7 Å². The molecule has 1 aliphatic rings. The molecular weight excluding hydrogens is 304 g/mol. The molecule has 1 aromatic heterocycles. The van der Waals surface area contributed by atoms with Gasteiger partial charge in [0, 0.05) is 25.5 Å². The number of hydrogen-bond donors (Lipinski definition) is 2. The zero-order chi connectivity index (χ0) is 14.5. The van der Waals surface area contributed by atoms with Gasteiger partial charge in [0.25, 0.3) is 0 Å². The van der Waals surface area contributed by atoms with Gasteiger partial charge in [-0.1, -0.05) is 12.1 Å². The maximum absolute atomic E-state index is 12.0. The van der Waals surface area contributed by atoms with Crippen LogP contribution in [0, 0.1) is 0 Å². The lowest BCUT2D eigenvalue weighted by molar-refractivity contribution is -0.126. The third-order valence-electron chi connectivity index (χ3n) is 3.41. The van der Waals surface area contributed by atoms with Crippen molar-refractivity contribution in [2.45, 2.75) is 12.6 Å². The highest BCUT2D eigenvalue weighted by atomic mass is 35.5. The van der Waals surface area contributed by atoms with Gasteiger partial charge in [-0.3, -0.25) is 4.79 Å². The molecule has 3 rings (SSSR count). The molecule has 2 N–H and O–H groups in total. The van der Waals surface area contributed by atoms with Crippen molar-refractivity contribution in [1.82, 2.24) is 20.4 Å². The summed E-state index contributed by atoms with van der Waals surface area (Å²) in [6, 6.07) is 9.58. The molecular formula is C15H19ClN4O2. The van der Waals surface area contributed by atoms with E-state index in [9.17, 15) is 4.79 Å². The van der Waals surface area contributed by atoms with Crippen LogP contribution < -0.4 is 10.6 Å². The first-order chi connectivity index (χ1) is 10.3. The number of morpholine rings is 1. The van der Waals surface area contributed by atoms with E-state index in [2.05, 4.69) is 15.7 Å². The maximum atomic E-state index is 12.0. The largest absolute Gasteiger partial charge is 0.378 e. The van der Waals surface area contributed by atoms with Gasteiger partial charge in [-0.25, -0.2) is 4.68 Å².